The summed E-state index contributed by atoms with van der Waals surface area (Å²) in [5.41, 5.74) is 2.77. The molecular weight excluding hydrogens is 248 g/mol. The molecule has 94 valence electrons. The van der Waals surface area contributed by atoms with Crippen LogP contribution in [0.1, 0.15) is 17.0 Å². The van der Waals surface area contributed by atoms with Gasteiger partial charge in [-0.05, 0) is 37.3 Å². The normalized spacial score (nSPS) is 10.6. The summed E-state index contributed by atoms with van der Waals surface area (Å²) in [6.07, 6.45) is 0. The molecule has 0 spiro atoms. The third-order valence-electron chi connectivity index (χ3n) is 2.61. The van der Waals surface area contributed by atoms with Crippen molar-refractivity contribution in [3.8, 4) is 5.75 Å². The maximum absolute atomic E-state index is 9.66. The maximum Gasteiger partial charge on any atom is 0.120 e. The molecule has 0 aliphatic rings. The Balaban J connectivity index is 1.94. The number of phenols is 1. The lowest BCUT2D eigenvalue weighted by molar-refractivity contribution is 0.464. The van der Waals surface area contributed by atoms with Crippen molar-refractivity contribution >= 4 is 11.6 Å². The number of pyridine rings is 1. The van der Waals surface area contributed by atoms with Crippen LogP contribution in [0.25, 0.3) is 0 Å². The molecule has 2 rings (SSSR count). The van der Waals surface area contributed by atoms with Crippen molar-refractivity contribution in [1.29, 1.82) is 0 Å². The molecule has 0 atom stereocenters. The van der Waals surface area contributed by atoms with Crippen LogP contribution in [0.5, 0.6) is 5.75 Å². The molecule has 1 aromatic carbocycles. The van der Waals surface area contributed by atoms with Gasteiger partial charge in [-0.25, -0.2) is 0 Å². The van der Waals surface area contributed by atoms with Crippen molar-refractivity contribution < 1.29 is 5.11 Å². The summed E-state index contributed by atoms with van der Waals surface area (Å²) in [5.74, 6) is 0.254. The first-order chi connectivity index (χ1) is 8.65. The first-order valence-electron chi connectivity index (χ1n) is 5.76. The highest BCUT2D eigenvalue weighted by molar-refractivity contribution is 6.30. The van der Waals surface area contributed by atoms with E-state index < -0.39 is 0 Å². The zero-order valence-electron chi connectivity index (χ0n) is 10.2. The van der Waals surface area contributed by atoms with Crippen LogP contribution < -0.4 is 5.32 Å². The van der Waals surface area contributed by atoms with Crippen LogP contribution >= 0.6 is 11.6 Å². The van der Waals surface area contributed by atoms with Crippen LogP contribution in [0, 0.1) is 6.92 Å². The van der Waals surface area contributed by atoms with Crippen molar-refractivity contribution in [2.75, 3.05) is 0 Å². The summed E-state index contributed by atoms with van der Waals surface area (Å²) in [6, 6.07) is 10.9. The second-order valence-electron chi connectivity index (χ2n) is 4.15. The Morgan fingerprint density at radius 1 is 1.22 bits per heavy atom. The van der Waals surface area contributed by atoms with E-state index in [0.717, 1.165) is 17.0 Å². The van der Waals surface area contributed by atoms with Crippen LogP contribution in [-0.2, 0) is 13.1 Å². The fraction of sp³-hybridized carbons (Fsp3) is 0.214. The molecule has 1 heterocycles. The van der Waals surface area contributed by atoms with Gasteiger partial charge in [-0.3, -0.25) is 4.98 Å². The number of nitrogens with zero attached hydrogens (tertiary/aromatic N) is 1. The van der Waals surface area contributed by atoms with E-state index in [4.69, 9.17) is 11.6 Å². The first-order valence-corrected chi connectivity index (χ1v) is 6.13. The van der Waals surface area contributed by atoms with Gasteiger partial charge >= 0.3 is 0 Å². The van der Waals surface area contributed by atoms with Crippen molar-refractivity contribution in [3.05, 3.63) is 58.4 Å². The Hall–Kier alpha value is -1.58. The van der Waals surface area contributed by atoms with E-state index in [0.29, 0.717) is 18.1 Å². The fourth-order valence-electron chi connectivity index (χ4n) is 1.72. The number of phenolic OH excluding ortho intramolecular Hbond substituents is 1. The highest BCUT2D eigenvalue weighted by atomic mass is 35.5. The van der Waals surface area contributed by atoms with Crippen LogP contribution in [0.3, 0.4) is 0 Å². The molecule has 0 unspecified atom stereocenters. The zero-order valence-corrected chi connectivity index (χ0v) is 10.9. The molecule has 0 saturated heterocycles. The zero-order chi connectivity index (χ0) is 13.0. The van der Waals surface area contributed by atoms with Crippen molar-refractivity contribution in [2.24, 2.45) is 0 Å². The standard InChI is InChI=1S/C14H15ClN2O/c1-10-3-2-4-13(17-10)9-16-8-11-7-12(15)5-6-14(11)18/h2-7,16,18H,8-9H2,1H3. The van der Waals surface area contributed by atoms with E-state index in [-0.39, 0.29) is 5.75 Å². The third-order valence-corrected chi connectivity index (χ3v) is 2.84. The molecule has 2 aromatic rings. The van der Waals surface area contributed by atoms with Crippen LogP contribution in [-0.4, -0.2) is 10.1 Å². The van der Waals surface area contributed by atoms with Crippen molar-refractivity contribution in [1.82, 2.24) is 10.3 Å². The van der Waals surface area contributed by atoms with Crippen LogP contribution in [0.2, 0.25) is 5.02 Å². The topological polar surface area (TPSA) is 45.1 Å². The molecule has 2 N–H and O–H groups in total. The summed E-state index contributed by atoms with van der Waals surface area (Å²) in [6.45, 7) is 3.18. The third kappa shape index (κ3) is 3.45. The van der Waals surface area contributed by atoms with E-state index >= 15 is 0 Å². The van der Waals surface area contributed by atoms with Gasteiger partial charge in [-0.2, -0.15) is 0 Å². The van der Waals surface area contributed by atoms with Crippen molar-refractivity contribution in [2.45, 2.75) is 20.0 Å². The summed E-state index contributed by atoms with van der Waals surface area (Å²) in [4.78, 5) is 4.39. The van der Waals surface area contributed by atoms with Crippen LogP contribution in [0.15, 0.2) is 36.4 Å². The van der Waals surface area contributed by atoms with E-state index in [1.165, 1.54) is 0 Å². The van der Waals surface area contributed by atoms with E-state index in [1.807, 2.05) is 25.1 Å². The Kier molecular flexibility index (Phi) is 4.18. The number of nitrogens with one attached hydrogen (secondary N) is 1. The van der Waals surface area contributed by atoms with Gasteiger partial charge in [0, 0.05) is 29.4 Å². The van der Waals surface area contributed by atoms with Gasteiger partial charge in [0.1, 0.15) is 5.75 Å². The summed E-state index contributed by atoms with van der Waals surface area (Å²) >= 11 is 5.88. The van der Waals surface area contributed by atoms with Crippen LogP contribution in [0.4, 0.5) is 0 Å². The lowest BCUT2D eigenvalue weighted by Gasteiger charge is -2.07. The second-order valence-corrected chi connectivity index (χ2v) is 4.58. The minimum absolute atomic E-state index is 0.254. The summed E-state index contributed by atoms with van der Waals surface area (Å²) in [5, 5.41) is 13.5. The fourth-order valence-corrected chi connectivity index (χ4v) is 1.91. The number of aromatic hydroxyl groups is 1. The Bertz CT molecular complexity index is 543. The molecular formula is C14H15ClN2O. The minimum Gasteiger partial charge on any atom is -0.508 e. The smallest absolute Gasteiger partial charge is 0.120 e. The van der Waals surface area contributed by atoms with E-state index in [1.54, 1.807) is 18.2 Å². The summed E-state index contributed by atoms with van der Waals surface area (Å²) < 4.78 is 0. The molecule has 0 aliphatic carbocycles. The first kappa shape index (κ1) is 12.9. The lowest BCUT2D eigenvalue weighted by Crippen LogP contribution is -2.14. The van der Waals surface area contributed by atoms with Crippen molar-refractivity contribution in [3.63, 3.8) is 0 Å². The van der Waals surface area contributed by atoms with Gasteiger partial charge in [-0.15, -0.1) is 0 Å². The maximum atomic E-state index is 9.66. The number of hydrogen-bond acceptors (Lipinski definition) is 3. The van der Waals surface area contributed by atoms with E-state index in [9.17, 15) is 5.11 Å². The average Bonchev–Trinajstić information content (AvgIpc) is 2.34. The largest absolute Gasteiger partial charge is 0.508 e. The van der Waals surface area contributed by atoms with Gasteiger partial charge in [0.05, 0.1) is 5.69 Å². The van der Waals surface area contributed by atoms with Gasteiger partial charge in [0.15, 0.2) is 0 Å². The predicted molar refractivity (Wildman–Crippen MR) is 72.6 cm³/mol. The van der Waals surface area contributed by atoms with E-state index in [2.05, 4.69) is 10.3 Å². The Labute approximate surface area is 111 Å². The molecule has 0 aliphatic heterocycles. The summed E-state index contributed by atoms with van der Waals surface area (Å²) in [7, 11) is 0. The SMILES string of the molecule is Cc1cccc(CNCc2cc(Cl)ccc2O)n1. The molecule has 0 amide bonds. The Morgan fingerprint density at radius 3 is 2.83 bits per heavy atom. The molecule has 3 nitrogen and oxygen atoms in total. The average molecular weight is 263 g/mol. The number of halogens is 1. The molecule has 0 bridgehead atoms. The number of benzene rings is 1. The molecule has 0 saturated carbocycles. The van der Waals surface area contributed by atoms with Gasteiger partial charge in [0.25, 0.3) is 0 Å². The number of aryl methyl sites for hydroxylation is 1. The molecule has 0 fully saturated rings. The number of hydrogen-bond donors (Lipinski definition) is 2. The molecule has 0 radical (unpaired) electrons. The molecule has 18 heavy (non-hydrogen) atoms. The molecule has 4 heteroatoms. The highest BCUT2D eigenvalue weighted by Gasteiger charge is 2.02. The minimum atomic E-state index is 0.254. The van der Waals surface area contributed by atoms with Gasteiger partial charge in [-0.1, -0.05) is 17.7 Å². The lowest BCUT2D eigenvalue weighted by atomic mass is 10.2. The Morgan fingerprint density at radius 2 is 2.06 bits per heavy atom. The monoisotopic (exact) mass is 262 g/mol. The predicted octanol–water partition coefficient (Wildman–Crippen LogP) is 3.04. The van der Waals surface area contributed by atoms with Gasteiger partial charge < -0.3 is 10.4 Å². The number of aromatic nitrogens is 1. The second kappa shape index (κ2) is 5.85. The molecule has 1 aromatic heterocycles. The number of rotatable bonds is 4. The highest BCUT2D eigenvalue weighted by Crippen LogP contribution is 2.21. The quantitative estimate of drug-likeness (QED) is 0.890. The van der Waals surface area contributed by atoms with Gasteiger partial charge in [0.2, 0.25) is 0 Å².